The second kappa shape index (κ2) is 8.72. The van der Waals surface area contributed by atoms with Crippen molar-refractivity contribution >= 4 is 35.6 Å². The average Bonchev–Trinajstić information content (AvgIpc) is 3.21. The van der Waals surface area contributed by atoms with Gasteiger partial charge in [0.05, 0.1) is 19.8 Å². The zero-order chi connectivity index (χ0) is 20.3. The first-order valence-corrected chi connectivity index (χ1v) is 11.5. The third-order valence-electron chi connectivity index (χ3n) is 4.65. The molecule has 2 heterocycles. The molecule has 152 valence electrons. The normalized spacial score (nSPS) is 16.6. The standard InChI is InChI=1S/C21H22ClN2O4P/c1-2-27-29(25,18-9-4-3-5-10-18)20-21(24-11-13-26-14-12-24)28-19(23-20)16-7-6-8-17(22)15-16/h3-10,15H,2,11-14H2,1H3/t29-/m1/s1. The van der Waals surface area contributed by atoms with E-state index in [1.165, 1.54) is 0 Å². The van der Waals surface area contributed by atoms with Crippen LogP contribution in [0.25, 0.3) is 11.5 Å². The monoisotopic (exact) mass is 432 g/mol. The number of nitrogens with zero attached hydrogens (tertiary/aromatic N) is 2. The van der Waals surface area contributed by atoms with Crippen LogP contribution in [0.3, 0.4) is 0 Å². The van der Waals surface area contributed by atoms with Crippen molar-refractivity contribution in [1.29, 1.82) is 0 Å². The lowest BCUT2D eigenvalue weighted by molar-refractivity contribution is 0.121. The molecule has 1 aromatic heterocycles. The number of anilines is 1. The summed E-state index contributed by atoms with van der Waals surface area (Å²) >= 11 is 6.15. The first kappa shape index (κ1) is 20.2. The SMILES string of the molecule is CCO[P@](=O)(c1ccccc1)c1nc(-c2cccc(Cl)c2)oc1N1CCOCC1. The molecule has 6 nitrogen and oxygen atoms in total. The minimum Gasteiger partial charge on any atom is -0.420 e. The maximum absolute atomic E-state index is 14.2. The Kier molecular flexibility index (Phi) is 6.07. The van der Waals surface area contributed by atoms with Gasteiger partial charge in [0.25, 0.3) is 7.37 Å². The van der Waals surface area contributed by atoms with Crippen molar-refractivity contribution in [3.05, 3.63) is 59.6 Å². The largest absolute Gasteiger partial charge is 0.420 e. The molecule has 4 rings (SSSR count). The molecule has 3 aromatic rings. The highest BCUT2D eigenvalue weighted by molar-refractivity contribution is 7.74. The van der Waals surface area contributed by atoms with Crippen LogP contribution >= 0.6 is 19.0 Å². The van der Waals surface area contributed by atoms with Gasteiger partial charge in [0.1, 0.15) is 0 Å². The van der Waals surface area contributed by atoms with Crippen LogP contribution in [0.15, 0.2) is 59.0 Å². The van der Waals surface area contributed by atoms with Crippen molar-refractivity contribution in [2.75, 3.05) is 37.8 Å². The maximum Gasteiger partial charge on any atom is 0.284 e. The van der Waals surface area contributed by atoms with Gasteiger partial charge in [-0.1, -0.05) is 35.9 Å². The van der Waals surface area contributed by atoms with E-state index in [0.29, 0.717) is 53.8 Å². The van der Waals surface area contributed by atoms with E-state index < -0.39 is 7.37 Å². The highest BCUT2D eigenvalue weighted by atomic mass is 35.5. The van der Waals surface area contributed by atoms with Crippen molar-refractivity contribution in [3.8, 4) is 11.5 Å². The highest BCUT2D eigenvalue weighted by Gasteiger charge is 2.38. The fourth-order valence-corrected chi connectivity index (χ4v) is 5.57. The van der Waals surface area contributed by atoms with Gasteiger partial charge in [-0.3, -0.25) is 4.57 Å². The van der Waals surface area contributed by atoms with Gasteiger partial charge < -0.3 is 18.6 Å². The van der Waals surface area contributed by atoms with Crippen LogP contribution in [0.5, 0.6) is 0 Å². The van der Waals surface area contributed by atoms with Gasteiger partial charge in [0.15, 0.2) is 5.44 Å². The van der Waals surface area contributed by atoms with E-state index in [1.807, 2.05) is 42.2 Å². The molecule has 1 aliphatic heterocycles. The Morgan fingerprint density at radius 1 is 1.14 bits per heavy atom. The van der Waals surface area contributed by atoms with Crippen LogP contribution in [0.2, 0.25) is 5.02 Å². The molecule has 1 atom stereocenters. The van der Waals surface area contributed by atoms with Crippen LogP contribution in [0.4, 0.5) is 5.88 Å². The maximum atomic E-state index is 14.2. The molecule has 0 spiro atoms. The number of ether oxygens (including phenoxy) is 1. The first-order chi connectivity index (χ1) is 14.1. The number of hydrogen-bond donors (Lipinski definition) is 0. The minimum absolute atomic E-state index is 0.286. The summed E-state index contributed by atoms with van der Waals surface area (Å²) in [6.45, 7) is 4.49. The molecule has 0 aliphatic carbocycles. The molecule has 8 heteroatoms. The lowest BCUT2D eigenvalue weighted by Crippen LogP contribution is -2.39. The van der Waals surface area contributed by atoms with Crippen molar-refractivity contribution < 1.29 is 18.2 Å². The van der Waals surface area contributed by atoms with Gasteiger partial charge in [-0.15, -0.1) is 0 Å². The van der Waals surface area contributed by atoms with Gasteiger partial charge in [0.2, 0.25) is 11.8 Å². The third kappa shape index (κ3) is 4.12. The molecule has 1 aliphatic rings. The summed E-state index contributed by atoms with van der Waals surface area (Å²) in [4.78, 5) is 6.68. The van der Waals surface area contributed by atoms with E-state index >= 15 is 0 Å². The van der Waals surface area contributed by atoms with Gasteiger partial charge in [-0.2, -0.15) is 0 Å². The number of halogens is 1. The zero-order valence-electron chi connectivity index (χ0n) is 16.1. The average molecular weight is 433 g/mol. The van der Waals surface area contributed by atoms with Crippen LogP contribution in [-0.2, 0) is 13.8 Å². The van der Waals surface area contributed by atoms with E-state index in [9.17, 15) is 4.57 Å². The molecule has 1 saturated heterocycles. The molecule has 0 saturated carbocycles. The van der Waals surface area contributed by atoms with E-state index in [4.69, 9.17) is 25.3 Å². The summed E-state index contributed by atoms with van der Waals surface area (Å²) in [5.74, 6) is 0.823. The Balaban J connectivity index is 1.88. The van der Waals surface area contributed by atoms with Crippen molar-refractivity contribution in [2.45, 2.75) is 6.92 Å². The Labute approximate surface area is 174 Å². The van der Waals surface area contributed by atoms with E-state index in [2.05, 4.69) is 4.98 Å². The second-order valence-electron chi connectivity index (χ2n) is 6.56. The molecule has 2 aromatic carbocycles. The first-order valence-electron chi connectivity index (χ1n) is 9.52. The molecule has 0 N–H and O–H groups in total. The van der Waals surface area contributed by atoms with Gasteiger partial charge >= 0.3 is 0 Å². The number of morpholine rings is 1. The molecule has 1 fully saturated rings. The van der Waals surface area contributed by atoms with E-state index in [0.717, 1.165) is 5.56 Å². The fourth-order valence-electron chi connectivity index (χ4n) is 3.28. The summed E-state index contributed by atoms with van der Waals surface area (Å²) in [6, 6.07) is 16.4. The molecule has 29 heavy (non-hydrogen) atoms. The molecule has 0 amide bonds. The molecule has 0 radical (unpaired) electrons. The summed E-state index contributed by atoms with van der Waals surface area (Å²) in [7, 11) is -3.46. The van der Waals surface area contributed by atoms with Gasteiger partial charge in [0, 0.05) is 29.0 Å². The number of benzene rings is 2. The Morgan fingerprint density at radius 2 is 1.90 bits per heavy atom. The smallest absolute Gasteiger partial charge is 0.284 e. The topological polar surface area (TPSA) is 64.8 Å². The lowest BCUT2D eigenvalue weighted by atomic mass is 10.2. The van der Waals surface area contributed by atoms with Gasteiger partial charge in [-0.25, -0.2) is 4.98 Å². The van der Waals surface area contributed by atoms with Gasteiger partial charge in [-0.05, 0) is 37.3 Å². The molecular formula is C21H22ClN2O4P. The highest BCUT2D eigenvalue weighted by Crippen LogP contribution is 2.48. The third-order valence-corrected chi connectivity index (χ3v) is 7.33. The molecule has 0 unspecified atom stereocenters. The predicted molar refractivity (Wildman–Crippen MR) is 115 cm³/mol. The fraction of sp³-hybridized carbons (Fsp3) is 0.286. The molecule has 0 bridgehead atoms. The number of rotatable bonds is 6. The summed E-state index contributed by atoms with van der Waals surface area (Å²) in [5, 5.41) is 1.16. The predicted octanol–water partition coefficient (Wildman–Crippen LogP) is 4.10. The Bertz CT molecular complexity index is 1020. The molecular weight excluding hydrogens is 411 g/mol. The second-order valence-corrected chi connectivity index (χ2v) is 9.30. The van der Waals surface area contributed by atoms with Crippen LogP contribution in [-0.4, -0.2) is 37.9 Å². The summed E-state index contributed by atoms with van der Waals surface area (Å²) in [5.41, 5.74) is 1.04. The summed E-state index contributed by atoms with van der Waals surface area (Å²) in [6.07, 6.45) is 0. The van der Waals surface area contributed by atoms with E-state index in [1.54, 1.807) is 24.3 Å². The van der Waals surface area contributed by atoms with Crippen LogP contribution < -0.4 is 15.6 Å². The van der Waals surface area contributed by atoms with Crippen LogP contribution in [0.1, 0.15) is 6.92 Å². The zero-order valence-corrected chi connectivity index (χ0v) is 17.7. The van der Waals surface area contributed by atoms with Crippen molar-refractivity contribution in [2.24, 2.45) is 0 Å². The number of hydrogen-bond acceptors (Lipinski definition) is 6. The van der Waals surface area contributed by atoms with Crippen molar-refractivity contribution in [1.82, 2.24) is 4.98 Å². The summed E-state index contributed by atoms with van der Waals surface area (Å²) < 4.78 is 31.6. The Morgan fingerprint density at radius 3 is 2.59 bits per heavy atom. The lowest BCUT2D eigenvalue weighted by Gasteiger charge is -2.28. The number of aromatic nitrogens is 1. The van der Waals surface area contributed by atoms with Crippen LogP contribution in [0, 0.1) is 0 Å². The quantitative estimate of drug-likeness (QED) is 0.546. The van der Waals surface area contributed by atoms with E-state index in [-0.39, 0.29) is 6.61 Å². The Hall–Kier alpha value is -2.11. The minimum atomic E-state index is -3.46. The number of oxazole rings is 1. The van der Waals surface area contributed by atoms with Crippen molar-refractivity contribution in [3.63, 3.8) is 0 Å².